The molecule has 5 heteroatoms. The lowest BCUT2D eigenvalue weighted by molar-refractivity contribution is 0.170. The largest absolute Gasteiger partial charge is 0.356 e. The molecule has 2 aromatic heterocycles. The van der Waals surface area contributed by atoms with Crippen molar-refractivity contribution in [3.8, 4) is 11.1 Å². The van der Waals surface area contributed by atoms with E-state index in [1.807, 2.05) is 30.5 Å². The number of aryl methyl sites for hydroxylation is 1. The summed E-state index contributed by atoms with van der Waals surface area (Å²) in [7, 11) is 0. The monoisotopic (exact) mass is 426 g/mol. The predicted molar refractivity (Wildman–Crippen MR) is 128 cm³/mol. The first kappa shape index (κ1) is 20.9. The highest BCUT2D eigenvalue weighted by atomic mass is 16.5. The Hall–Kier alpha value is -3.02. The molecule has 1 aliphatic heterocycles. The third-order valence-electron chi connectivity index (χ3n) is 6.72. The van der Waals surface area contributed by atoms with Crippen molar-refractivity contribution in [1.29, 1.82) is 0 Å². The normalized spacial score (nSPS) is 15.4. The van der Waals surface area contributed by atoms with Gasteiger partial charge in [0, 0.05) is 30.2 Å². The molecule has 0 bridgehead atoms. The standard InChI is InChI=1S/C27H30N4O/c28-18-25-23(21-6-2-1-3-7-21)10-11-24-26(30-32-27(24)25)12-9-20-13-16-31(17-14-20)19-22-8-4-5-15-29-22/h1-8,10-11,15,20H,9,12-14,16-19,28H2. The molecular weight excluding hydrogens is 396 g/mol. The van der Waals surface area contributed by atoms with E-state index in [1.165, 1.54) is 12.8 Å². The van der Waals surface area contributed by atoms with Gasteiger partial charge in [-0.25, -0.2) is 0 Å². The summed E-state index contributed by atoms with van der Waals surface area (Å²) >= 11 is 0. The second-order valence-corrected chi connectivity index (χ2v) is 8.75. The Labute approximate surface area is 189 Å². The van der Waals surface area contributed by atoms with Gasteiger partial charge < -0.3 is 10.3 Å². The Morgan fingerprint density at radius 1 is 0.969 bits per heavy atom. The van der Waals surface area contributed by atoms with Crippen LogP contribution in [-0.4, -0.2) is 28.1 Å². The first-order valence-electron chi connectivity index (χ1n) is 11.6. The van der Waals surface area contributed by atoms with Crippen molar-refractivity contribution in [2.45, 2.75) is 38.8 Å². The van der Waals surface area contributed by atoms with Gasteiger partial charge in [0.15, 0.2) is 5.58 Å². The van der Waals surface area contributed by atoms with E-state index in [0.29, 0.717) is 6.54 Å². The first-order chi connectivity index (χ1) is 15.8. The van der Waals surface area contributed by atoms with Crippen LogP contribution in [0.25, 0.3) is 22.1 Å². The molecule has 3 heterocycles. The quantitative estimate of drug-likeness (QED) is 0.440. The molecular formula is C27H30N4O. The van der Waals surface area contributed by atoms with Gasteiger partial charge in [0.1, 0.15) is 0 Å². The van der Waals surface area contributed by atoms with Crippen LogP contribution in [0.4, 0.5) is 0 Å². The number of hydrogen-bond donors (Lipinski definition) is 1. The highest BCUT2D eigenvalue weighted by Gasteiger charge is 2.21. The van der Waals surface area contributed by atoms with E-state index in [4.69, 9.17) is 10.3 Å². The van der Waals surface area contributed by atoms with Gasteiger partial charge in [0.25, 0.3) is 0 Å². The van der Waals surface area contributed by atoms with Crippen LogP contribution < -0.4 is 5.73 Å². The smallest absolute Gasteiger partial charge is 0.172 e. The number of nitrogens with two attached hydrogens (primary N) is 1. The summed E-state index contributed by atoms with van der Waals surface area (Å²) in [5.74, 6) is 0.735. The van der Waals surface area contributed by atoms with Gasteiger partial charge >= 0.3 is 0 Å². The third kappa shape index (κ3) is 4.45. The Balaban J connectivity index is 1.23. The zero-order valence-electron chi connectivity index (χ0n) is 18.4. The molecule has 0 amide bonds. The number of aromatic nitrogens is 2. The lowest BCUT2D eigenvalue weighted by Gasteiger charge is -2.31. The van der Waals surface area contributed by atoms with Crippen LogP contribution in [0.2, 0.25) is 0 Å². The van der Waals surface area contributed by atoms with Crippen molar-refractivity contribution >= 4 is 11.0 Å². The van der Waals surface area contributed by atoms with E-state index in [0.717, 1.165) is 77.4 Å². The molecule has 4 aromatic rings. The van der Waals surface area contributed by atoms with Crippen molar-refractivity contribution in [2.24, 2.45) is 11.7 Å². The molecule has 1 saturated heterocycles. The molecule has 0 radical (unpaired) electrons. The SMILES string of the molecule is NCc1c(-c2ccccc2)ccc2c(CCC3CCN(Cc4ccccn4)CC3)noc12. The first-order valence-corrected chi connectivity index (χ1v) is 11.6. The summed E-state index contributed by atoms with van der Waals surface area (Å²) in [6.07, 6.45) is 6.44. The summed E-state index contributed by atoms with van der Waals surface area (Å²) in [6, 6.07) is 20.8. The van der Waals surface area contributed by atoms with Gasteiger partial charge in [-0.1, -0.05) is 47.6 Å². The maximum Gasteiger partial charge on any atom is 0.172 e. The van der Waals surface area contributed by atoms with Crippen LogP contribution in [0.15, 0.2) is 71.4 Å². The molecule has 0 saturated carbocycles. The molecule has 32 heavy (non-hydrogen) atoms. The average molecular weight is 427 g/mol. The number of hydrogen-bond acceptors (Lipinski definition) is 5. The minimum Gasteiger partial charge on any atom is -0.356 e. The fraction of sp³-hybridized carbons (Fsp3) is 0.333. The fourth-order valence-corrected chi connectivity index (χ4v) is 4.88. The Morgan fingerprint density at radius 2 is 1.78 bits per heavy atom. The van der Waals surface area contributed by atoms with E-state index in [9.17, 15) is 0 Å². The summed E-state index contributed by atoms with van der Waals surface area (Å²) in [5, 5.41) is 5.55. The summed E-state index contributed by atoms with van der Waals surface area (Å²) in [4.78, 5) is 6.98. The van der Waals surface area contributed by atoms with Gasteiger partial charge in [-0.2, -0.15) is 0 Å². The minimum atomic E-state index is 0.435. The molecule has 164 valence electrons. The van der Waals surface area contributed by atoms with Crippen LogP contribution in [-0.2, 0) is 19.5 Å². The van der Waals surface area contributed by atoms with E-state index in [-0.39, 0.29) is 0 Å². The molecule has 5 nitrogen and oxygen atoms in total. The maximum atomic E-state index is 6.13. The lowest BCUT2D eigenvalue weighted by Crippen LogP contribution is -2.33. The van der Waals surface area contributed by atoms with Gasteiger partial charge in [-0.05, 0) is 74.0 Å². The third-order valence-corrected chi connectivity index (χ3v) is 6.72. The lowest BCUT2D eigenvalue weighted by atomic mass is 9.90. The molecule has 1 fully saturated rings. The fourth-order valence-electron chi connectivity index (χ4n) is 4.88. The number of nitrogens with zero attached hydrogens (tertiary/aromatic N) is 3. The Bertz CT molecular complexity index is 1150. The number of likely N-dealkylation sites (tertiary alicyclic amines) is 1. The molecule has 5 rings (SSSR count). The number of benzene rings is 2. The molecule has 2 aromatic carbocycles. The van der Waals surface area contributed by atoms with Crippen LogP contribution >= 0.6 is 0 Å². The predicted octanol–water partition coefficient (Wildman–Crippen LogP) is 5.19. The molecule has 1 aliphatic rings. The van der Waals surface area contributed by atoms with Crippen LogP contribution in [0, 0.1) is 5.92 Å². The number of pyridine rings is 1. The molecule has 2 N–H and O–H groups in total. The summed E-state index contributed by atoms with van der Waals surface area (Å²) < 4.78 is 5.81. The van der Waals surface area contributed by atoms with Gasteiger partial charge in [-0.15, -0.1) is 0 Å². The molecule has 0 aliphatic carbocycles. The highest BCUT2D eigenvalue weighted by Crippen LogP contribution is 2.33. The van der Waals surface area contributed by atoms with Crippen molar-refractivity contribution in [3.63, 3.8) is 0 Å². The number of fused-ring (bicyclic) bond motifs is 1. The summed E-state index contributed by atoms with van der Waals surface area (Å²) in [5.41, 5.74) is 12.5. The minimum absolute atomic E-state index is 0.435. The maximum absolute atomic E-state index is 6.13. The zero-order valence-corrected chi connectivity index (χ0v) is 18.4. The molecule has 0 spiro atoms. The Morgan fingerprint density at radius 3 is 2.53 bits per heavy atom. The van der Waals surface area contributed by atoms with Crippen molar-refractivity contribution in [3.05, 3.63) is 83.8 Å². The van der Waals surface area contributed by atoms with Crippen molar-refractivity contribution in [2.75, 3.05) is 13.1 Å². The van der Waals surface area contributed by atoms with E-state index in [2.05, 4.69) is 51.4 Å². The number of piperidine rings is 1. The molecule has 0 unspecified atom stereocenters. The second kappa shape index (κ2) is 9.63. The summed E-state index contributed by atoms with van der Waals surface area (Å²) in [6.45, 7) is 3.66. The highest BCUT2D eigenvalue weighted by molar-refractivity contribution is 5.89. The zero-order chi connectivity index (χ0) is 21.8. The van der Waals surface area contributed by atoms with Crippen molar-refractivity contribution in [1.82, 2.24) is 15.0 Å². The second-order valence-electron chi connectivity index (χ2n) is 8.75. The van der Waals surface area contributed by atoms with Crippen LogP contribution in [0.5, 0.6) is 0 Å². The van der Waals surface area contributed by atoms with Crippen LogP contribution in [0.1, 0.15) is 36.2 Å². The van der Waals surface area contributed by atoms with Gasteiger partial charge in [0.05, 0.1) is 11.4 Å². The van der Waals surface area contributed by atoms with E-state index >= 15 is 0 Å². The average Bonchev–Trinajstić information content (AvgIpc) is 3.27. The van der Waals surface area contributed by atoms with Gasteiger partial charge in [0.2, 0.25) is 0 Å². The van der Waals surface area contributed by atoms with Crippen molar-refractivity contribution < 1.29 is 4.52 Å². The van der Waals surface area contributed by atoms with E-state index < -0.39 is 0 Å². The topological polar surface area (TPSA) is 68.2 Å². The Kier molecular flexibility index (Phi) is 6.28. The van der Waals surface area contributed by atoms with E-state index in [1.54, 1.807) is 0 Å². The van der Waals surface area contributed by atoms with Gasteiger partial charge in [-0.3, -0.25) is 9.88 Å². The number of rotatable bonds is 7. The van der Waals surface area contributed by atoms with Crippen LogP contribution in [0.3, 0.4) is 0 Å². The molecule has 0 atom stereocenters.